The molecule has 0 bridgehead atoms. The minimum atomic E-state index is 0.821. The molecule has 5 heteroatoms. The SMILES string of the molecule is C1=C(c2cnc3[nH]nc(-c4cc5ccccc5[nH]4)c3c2)CCNC1. The zero-order valence-electron chi connectivity index (χ0n) is 13.1. The van der Waals surface area contributed by atoms with Crippen LogP contribution in [0.15, 0.2) is 48.7 Å². The van der Waals surface area contributed by atoms with E-state index in [0.717, 1.165) is 47.4 Å². The summed E-state index contributed by atoms with van der Waals surface area (Å²) in [7, 11) is 0. The maximum Gasteiger partial charge on any atom is 0.155 e. The van der Waals surface area contributed by atoms with E-state index in [2.05, 4.69) is 55.8 Å². The molecular weight excluding hydrogens is 298 g/mol. The van der Waals surface area contributed by atoms with Crippen molar-refractivity contribution < 1.29 is 0 Å². The van der Waals surface area contributed by atoms with E-state index in [1.807, 2.05) is 18.3 Å². The highest BCUT2D eigenvalue weighted by Crippen LogP contribution is 2.30. The predicted octanol–water partition coefficient (Wildman–Crippen LogP) is 3.48. The molecule has 0 saturated carbocycles. The number of rotatable bonds is 2. The van der Waals surface area contributed by atoms with Crippen LogP contribution in [-0.4, -0.2) is 33.3 Å². The van der Waals surface area contributed by atoms with E-state index in [0.29, 0.717) is 0 Å². The highest BCUT2D eigenvalue weighted by atomic mass is 15.2. The van der Waals surface area contributed by atoms with Gasteiger partial charge in [0.1, 0.15) is 5.69 Å². The van der Waals surface area contributed by atoms with Gasteiger partial charge in [-0.15, -0.1) is 0 Å². The molecule has 0 unspecified atom stereocenters. The van der Waals surface area contributed by atoms with E-state index in [4.69, 9.17) is 0 Å². The van der Waals surface area contributed by atoms with Gasteiger partial charge in [0, 0.05) is 29.0 Å². The standard InChI is InChI=1S/C19H17N5/c1-2-4-16-13(3-1)10-17(22-16)18-15-9-14(11-21-19(15)24-23-18)12-5-7-20-8-6-12/h1-5,9-11,20,22H,6-8H2,(H,21,23,24). The molecule has 1 aromatic carbocycles. The summed E-state index contributed by atoms with van der Waals surface area (Å²) in [6, 6.07) is 12.6. The van der Waals surface area contributed by atoms with Crippen molar-refractivity contribution in [1.29, 1.82) is 0 Å². The Morgan fingerprint density at radius 2 is 2.04 bits per heavy atom. The van der Waals surface area contributed by atoms with Gasteiger partial charge in [-0.25, -0.2) is 4.98 Å². The molecule has 5 rings (SSSR count). The van der Waals surface area contributed by atoms with Crippen molar-refractivity contribution in [3.8, 4) is 11.4 Å². The molecule has 0 atom stereocenters. The molecule has 0 spiro atoms. The monoisotopic (exact) mass is 315 g/mol. The van der Waals surface area contributed by atoms with Gasteiger partial charge in [-0.2, -0.15) is 5.10 Å². The lowest BCUT2D eigenvalue weighted by molar-refractivity contribution is 0.738. The van der Waals surface area contributed by atoms with Crippen molar-refractivity contribution in [3.05, 3.63) is 54.2 Å². The number of fused-ring (bicyclic) bond motifs is 2. The van der Waals surface area contributed by atoms with E-state index < -0.39 is 0 Å². The Labute approximate surface area is 138 Å². The molecule has 118 valence electrons. The van der Waals surface area contributed by atoms with E-state index in [1.165, 1.54) is 16.5 Å². The topological polar surface area (TPSA) is 69.4 Å². The van der Waals surface area contributed by atoms with Crippen LogP contribution in [0.1, 0.15) is 12.0 Å². The number of H-pyrrole nitrogens is 2. The van der Waals surface area contributed by atoms with Crippen LogP contribution in [0.5, 0.6) is 0 Å². The maximum absolute atomic E-state index is 4.56. The summed E-state index contributed by atoms with van der Waals surface area (Å²) in [5.74, 6) is 0. The van der Waals surface area contributed by atoms with Gasteiger partial charge in [0.2, 0.25) is 0 Å². The second-order valence-electron chi connectivity index (χ2n) is 6.15. The Bertz CT molecular complexity index is 1040. The summed E-state index contributed by atoms with van der Waals surface area (Å²) in [5, 5.41) is 13.1. The molecule has 1 aliphatic rings. The molecule has 0 radical (unpaired) electrons. The lowest BCUT2D eigenvalue weighted by atomic mass is 10.0. The van der Waals surface area contributed by atoms with Gasteiger partial charge in [-0.1, -0.05) is 24.3 Å². The summed E-state index contributed by atoms with van der Waals surface area (Å²) in [4.78, 5) is 8.02. The molecule has 0 amide bonds. The Kier molecular flexibility index (Phi) is 2.99. The number of para-hydroxylation sites is 1. The second-order valence-corrected chi connectivity index (χ2v) is 6.15. The van der Waals surface area contributed by atoms with Crippen LogP contribution in [0.2, 0.25) is 0 Å². The largest absolute Gasteiger partial charge is 0.353 e. The number of nitrogens with zero attached hydrogens (tertiary/aromatic N) is 2. The first kappa shape index (κ1) is 13.5. The summed E-state index contributed by atoms with van der Waals surface area (Å²) >= 11 is 0. The van der Waals surface area contributed by atoms with E-state index in [1.54, 1.807) is 0 Å². The molecule has 24 heavy (non-hydrogen) atoms. The molecule has 5 nitrogen and oxygen atoms in total. The molecule has 0 fully saturated rings. The van der Waals surface area contributed by atoms with Gasteiger partial charge in [0.25, 0.3) is 0 Å². The second kappa shape index (κ2) is 5.32. The molecule has 3 N–H and O–H groups in total. The van der Waals surface area contributed by atoms with Crippen molar-refractivity contribution in [1.82, 2.24) is 25.5 Å². The van der Waals surface area contributed by atoms with Crippen LogP contribution >= 0.6 is 0 Å². The predicted molar refractivity (Wildman–Crippen MR) is 96.6 cm³/mol. The highest BCUT2D eigenvalue weighted by molar-refractivity contribution is 5.95. The van der Waals surface area contributed by atoms with E-state index in [9.17, 15) is 0 Å². The molecule has 4 aromatic rings. The lowest BCUT2D eigenvalue weighted by Gasteiger charge is -2.13. The third-order valence-corrected chi connectivity index (χ3v) is 4.64. The summed E-state index contributed by atoms with van der Waals surface area (Å²) in [5.41, 5.74) is 6.41. The van der Waals surface area contributed by atoms with Gasteiger partial charge in [-0.3, -0.25) is 5.10 Å². The number of aromatic nitrogens is 4. The average Bonchev–Trinajstić information content (AvgIpc) is 3.25. The summed E-state index contributed by atoms with van der Waals surface area (Å²) in [6.45, 7) is 1.94. The van der Waals surface area contributed by atoms with Gasteiger partial charge in [0.05, 0.1) is 5.69 Å². The summed E-state index contributed by atoms with van der Waals surface area (Å²) < 4.78 is 0. The number of nitrogens with one attached hydrogen (secondary N) is 3. The number of benzene rings is 1. The molecule has 3 aromatic heterocycles. The normalized spacial score (nSPS) is 15.1. The zero-order chi connectivity index (χ0) is 15.9. The number of pyridine rings is 1. The Balaban J connectivity index is 1.66. The van der Waals surface area contributed by atoms with Crippen LogP contribution in [0.25, 0.3) is 38.9 Å². The first-order chi connectivity index (χ1) is 11.9. The third kappa shape index (κ3) is 2.13. The molecular formula is C19H17N5. The number of hydrogen-bond acceptors (Lipinski definition) is 3. The minimum Gasteiger partial charge on any atom is -0.353 e. The fourth-order valence-corrected chi connectivity index (χ4v) is 3.37. The maximum atomic E-state index is 4.56. The first-order valence-electron chi connectivity index (χ1n) is 8.21. The quantitative estimate of drug-likeness (QED) is 0.530. The average molecular weight is 315 g/mol. The molecule has 4 heterocycles. The molecule has 0 aliphatic carbocycles. The van der Waals surface area contributed by atoms with Crippen LogP contribution in [-0.2, 0) is 0 Å². The fraction of sp³-hybridized carbons (Fsp3) is 0.158. The van der Waals surface area contributed by atoms with Gasteiger partial charge < -0.3 is 10.3 Å². The Morgan fingerprint density at radius 1 is 1.08 bits per heavy atom. The van der Waals surface area contributed by atoms with Gasteiger partial charge >= 0.3 is 0 Å². The van der Waals surface area contributed by atoms with E-state index in [-0.39, 0.29) is 0 Å². The Morgan fingerprint density at radius 3 is 2.92 bits per heavy atom. The first-order valence-corrected chi connectivity index (χ1v) is 8.21. The minimum absolute atomic E-state index is 0.821. The van der Waals surface area contributed by atoms with Crippen LogP contribution in [0.3, 0.4) is 0 Å². The van der Waals surface area contributed by atoms with Gasteiger partial charge in [-0.05, 0) is 42.3 Å². The van der Waals surface area contributed by atoms with Crippen molar-refractivity contribution >= 4 is 27.5 Å². The lowest BCUT2D eigenvalue weighted by Crippen LogP contribution is -2.20. The number of aromatic amines is 2. The fourth-order valence-electron chi connectivity index (χ4n) is 3.37. The highest BCUT2D eigenvalue weighted by Gasteiger charge is 2.14. The molecule has 0 saturated heterocycles. The molecule has 1 aliphatic heterocycles. The van der Waals surface area contributed by atoms with E-state index >= 15 is 0 Å². The summed E-state index contributed by atoms with van der Waals surface area (Å²) in [6.07, 6.45) is 5.22. The number of hydrogen-bond donors (Lipinski definition) is 3. The zero-order valence-corrected chi connectivity index (χ0v) is 13.1. The van der Waals surface area contributed by atoms with Gasteiger partial charge in [0.15, 0.2) is 5.65 Å². The Hall–Kier alpha value is -2.92. The smallest absolute Gasteiger partial charge is 0.155 e. The van der Waals surface area contributed by atoms with Crippen molar-refractivity contribution in [3.63, 3.8) is 0 Å². The van der Waals surface area contributed by atoms with Crippen LogP contribution < -0.4 is 5.32 Å². The third-order valence-electron chi connectivity index (χ3n) is 4.64. The van der Waals surface area contributed by atoms with Crippen LogP contribution in [0, 0.1) is 0 Å². The van der Waals surface area contributed by atoms with Crippen molar-refractivity contribution in [2.24, 2.45) is 0 Å². The van der Waals surface area contributed by atoms with Crippen LogP contribution in [0.4, 0.5) is 0 Å². The van der Waals surface area contributed by atoms with Crippen molar-refractivity contribution in [2.75, 3.05) is 13.1 Å². The van der Waals surface area contributed by atoms with Crippen molar-refractivity contribution in [2.45, 2.75) is 6.42 Å².